The number of aromatic amines is 1. The van der Waals surface area contributed by atoms with Gasteiger partial charge in [-0.2, -0.15) is 0 Å². The molecule has 0 spiro atoms. The topological polar surface area (TPSA) is 112 Å². The lowest BCUT2D eigenvalue weighted by atomic mass is 10.1. The van der Waals surface area contributed by atoms with Crippen LogP contribution in [0.1, 0.15) is 33.6 Å². The minimum absolute atomic E-state index is 0.0900. The van der Waals surface area contributed by atoms with Crippen LogP contribution in [0.2, 0.25) is 0 Å². The molecule has 2 N–H and O–H groups in total. The molecule has 8 nitrogen and oxygen atoms in total. The number of halogens is 1. The Hall–Kier alpha value is -4.05. The molecule has 6 rings (SSSR count). The maximum Gasteiger partial charge on any atom is 0.269 e. The summed E-state index contributed by atoms with van der Waals surface area (Å²) in [7, 11) is -3.95. The summed E-state index contributed by atoms with van der Waals surface area (Å²) in [6, 6.07) is 14.9. The molecule has 0 radical (unpaired) electrons. The fourth-order valence-electron chi connectivity index (χ4n) is 4.12. The Kier molecular flexibility index (Phi) is 4.37. The van der Waals surface area contributed by atoms with Crippen LogP contribution in [0, 0.1) is 5.82 Å². The molecule has 0 bridgehead atoms. The first-order valence-corrected chi connectivity index (χ1v) is 12.1. The number of imidazole rings is 1. The maximum atomic E-state index is 13.5. The molecule has 2 aliphatic rings. The molecule has 10 heteroatoms. The largest absolute Gasteiger partial charge is 0.338 e. The van der Waals surface area contributed by atoms with Crippen LogP contribution >= 0.6 is 0 Å². The number of rotatable bonds is 4. The van der Waals surface area contributed by atoms with E-state index in [4.69, 9.17) is 0 Å². The molecule has 4 aromatic rings. The molecular weight excluding hydrogens is 459 g/mol. The molecule has 1 aliphatic heterocycles. The lowest BCUT2D eigenvalue weighted by Crippen LogP contribution is -2.31. The monoisotopic (exact) mass is 476 g/mol. The molecular formula is C24H17FN4O4S. The number of carbonyl (C=O) groups is 2. The average Bonchev–Trinajstić information content (AvgIpc) is 3.50. The Labute approximate surface area is 193 Å². The molecule has 1 saturated carbocycles. The van der Waals surface area contributed by atoms with Crippen molar-refractivity contribution in [2.75, 3.05) is 5.32 Å². The van der Waals surface area contributed by atoms with Crippen molar-refractivity contribution in [3.05, 3.63) is 77.6 Å². The van der Waals surface area contributed by atoms with Crippen molar-refractivity contribution in [1.82, 2.24) is 14.3 Å². The second-order valence-electron chi connectivity index (χ2n) is 8.33. The molecule has 170 valence electrons. The molecule has 3 aromatic carbocycles. The van der Waals surface area contributed by atoms with E-state index in [1.54, 1.807) is 30.3 Å². The van der Waals surface area contributed by atoms with Crippen LogP contribution in [0.15, 0.2) is 65.6 Å². The van der Waals surface area contributed by atoms with Crippen molar-refractivity contribution >= 4 is 38.6 Å². The summed E-state index contributed by atoms with van der Waals surface area (Å²) in [6.07, 6.45) is 1.31. The van der Waals surface area contributed by atoms with E-state index in [2.05, 4.69) is 15.3 Å². The van der Waals surface area contributed by atoms with E-state index in [9.17, 15) is 22.4 Å². The van der Waals surface area contributed by atoms with E-state index in [1.165, 1.54) is 30.3 Å². The number of nitrogens with one attached hydrogen (secondary N) is 2. The van der Waals surface area contributed by atoms with Gasteiger partial charge >= 0.3 is 0 Å². The van der Waals surface area contributed by atoms with Crippen LogP contribution in [0.5, 0.6) is 0 Å². The van der Waals surface area contributed by atoms with Crippen LogP contribution in [-0.2, 0) is 10.0 Å². The smallest absolute Gasteiger partial charge is 0.269 e. The molecule has 1 fully saturated rings. The van der Waals surface area contributed by atoms with Crippen molar-refractivity contribution in [3.63, 3.8) is 0 Å². The second kappa shape index (κ2) is 7.22. The average molecular weight is 476 g/mol. The molecule has 0 unspecified atom stereocenters. The molecule has 34 heavy (non-hydrogen) atoms. The van der Waals surface area contributed by atoms with Crippen molar-refractivity contribution in [1.29, 1.82) is 0 Å². The molecule has 2 heterocycles. The number of hydrogen-bond donors (Lipinski definition) is 2. The van der Waals surface area contributed by atoms with Gasteiger partial charge in [0.15, 0.2) is 0 Å². The standard InChI is InChI=1S/C24H17FN4O4S/c25-15-3-1-2-13(10-15)22-27-19-9-5-16(12-20(19)28-22)26-23(30)14-4-8-18-21(11-14)34(32,33)29(24(18)31)17-6-7-17/h1-5,8-12,17H,6-7H2,(H,26,30)(H,27,28). The van der Waals surface area contributed by atoms with Gasteiger partial charge in [0.25, 0.3) is 21.8 Å². The van der Waals surface area contributed by atoms with Gasteiger partial charge in [-0.3, -0.25) is 9.59 Å². The number of H-pyrrole nitrogens is 1. The Morgan fingerprint density at radius 1 is 1.09 bits per heavy atom. The minimum Gasteiger partial charge on any atom is -0.338 e. The zero-order chi connectivity index (χ0) is 23.6. The second-order valence-corrected chi connectivity index (χ2v) is 10.1. The third-order valence-corrected chi connectivity index (χ3v) is 7.80. The predicted molar refractivity (Wildman–Crippen MR) is 122 cm³/mol. The molecule has 1 aromatic heterocycles. The normalized spacial score (nSPS) is 16.6. The maximum absolute atomic E-state index is 13.5. The summed E-state index contributed by atoms with van der Waals surface area (Å²) in [5.41, 5.74) is 2.55. The number of hydrogen-bond acceptors (Lipinski definition) is 5. The fourth-order valence-corrected chi connectivity index (χ4v) is 5.96. The molecule has 0 atom stereocenters. The van der Waals surface area contributed by atoms with E-state index >= 15 is 0 Å². The summed E-state index contributed by atoms with van der Waals surface area (Å²) >= 11 is 0. The van der Waals surface area contributed by atoms with Crippen LogP contribution in [0.4, 0.5) is 10.1 Å². The highest BCUT2D eigenvalue weighted by Crippen LogP contribution is 2.39. The van der Waals surface area contributed by atoms with Gasteiger partial charge in [0, 0.05) is 22.9 Å². The van der Waals surface area contributed by atoms with E-state index in [-0.39, 0.29) is 27.9 Å². The van der Waals surface area contributed by atoms with E-state index in [0.717, 1.165) is 4.31 Å². The Morgan fingerprint density at radius 2 is 1.91 bits per heavy atom. The zero-order valence-corrected chi connectivity index (χ0v) is 18.4. The Morgan fingerprint density at radius 3 is 2.68 bits per heavy atom. The number of nitrogens with zero attached hydrogens (tertiary/aromatic N) is 2. The first-order chi connectivity index (χ1) is 16.3. The van der Waals surface area contributed by atoms with Gasteiger partial charge in [-0.1, -0.05) is 12.1 Å². The number of aromatic nitrogens is 2. The van der Waals surface area contributed by atoms with Crippen LogP contribution in [-0.4, -0.2) is 40.5 Å². The highest BCUT2D eigenvalue weighted by Gasteiger charge is 2.48. The molecule has 2 amide bonds. The van der Waals surface area contributed by atoms with Gasteiger partial charge in [-0.25, -0.2) is 22.1 Å². The number of benzene rings is 3. The Balaban J connectivity index is 1.28. The molecule has 0 saturated heterocycles. The SMILES string of the molecule is O=C(Nc1ccc2nc(-c3cccc(F)c3)[nH]c2c1)c1ccc2c(c1)S(=O)(=O)N(C1CC1)C2=O. The fraction of sp³-hybridized carbons (Fsp3) is 0.125. The van der Waals surface area contributed by atoms with E-state index < -0.39 is 21.8 Å². The number of carbonyl (C=O) groups excluding carboxylic acids is 2. The summed E-state index contributed by atoms with van der Waals surface area (Å²) in [5.74, 6) is -0.932. The van der Waals surface area contributed by atoms with Gasteiger partial charge in [-0.05, 0) is 61.4 Å². The third-order valence-electron chi connectivity index (χ3n) is 5.93. The predicted octanol–water partition coefficient (Wildman–Crippen LogP) is 3.93. The van der Waals surface area contributed by atoms with Crippen molar-refractivity contribution in [2.24, 2.45) is 0 Å². The highest BCUT2D eigenvalue weighted by atomic mass is 32.2. The lowest BCUT2D eigenvalue weighted by molar-refractivity contribution is 0.0864. The zero-order valence-electron chi connectivity index (χ0n) is 17.6. The van der Waals surface area contributed by atoms with Gasteiger partial charge in [0.1, 0.15) is 16.5 Å². The van der Waals surface area contributed by atoms with Gasteiger partial charge in [0.05, 0.1) is 16.6 Å². The minimum atomic E-state index is -3.95. The van der Waals surface area contributed by atoms with Gasteiger partial charge < -0.3 is 10.3 Å². The summed E-state index contributed by atoms with van der Waals surface area (Å²) in [6.45, 7) is 0. The van der Waals surface area contributed by atoms with E-state index in [0.29, 0.717) is 41.0 Å². The van der Waals surface area contributed by atoms with Crippen molar-refractivity contribution in [2.45, 2.75) is 23.8 Å². The van der Waals surface area contributed by atoms with Crippen molar-refractivity contribution in [3.8, 4) is 11.4 Å². The Bertz CT molecular complexity index is 1630. The third kappa shape index (κ3) is 3.26. The number of anilines is 1. The van der Waals surface area contributed by atoms with Gasteiger partial charge in [-0.15, -0.1) is 0 Å². The van der Waals surface area contributed by atoms with Crippen LogP contribution < -0.4 is 5.32 Å². The summed E-state index contributed by atoms with van der Waals surface area (Å²) in [4.78, 5) is 32.8. The lowest BCUT2D eigenvalue weighted by Gasteiger charge is -2.13. The number of sulfonamides is 1. The van der Waals surface area contributed by atoms with Crippen LogP contribution in [0.25, 0.3) is 22.4 Å². The number of amides is 2. The molecule has 1 aliphatic carbocycles. The summed E-state index contributed by atoms with van der Waals surface area (Å²) in [5, 5.41) is 2.74. The van der Waals surface area contributed by atoms with Crippen molar-refractivity contribution < 1.29 is 22.4 Å². The van der Waals surface area contributed by atoms with Gasteiger partial charge in [0.2, 0.25) is 0 Å². The first kappa shape index (κ1) is 20.5. The first-order valence-electron chi connectivity index (χ1n) is 10.6. The quantitative estimate of drug-likeness (QED) is 0.464. The van der Waals surface area contributed by atoms with Crippen LogP contribution in [0.3, 0.4) is 0 Å². The number of fused-ring (bicyclic) bond motifs is 2. The summed E-state index contributed by atoms with van der Waals surface area (Å²) < 4.78 is 40.1. The van der Waals surface area contributed by atoms with E-state index in [1.807, 2.05) is 0 Å². The highest BCUT2D eigenvalue weighted by molar-refractivity contribution is 7.90.